The first-order chi connectivity index (χ1) is 55.8. The molecule has 5 fully saturated rings. The average Bonchev–Trinajstić information content (AvgIpc) is 1.64. The van der Waals surface area contributed by atoms with Gasteiger partial charge in [-0.15, -0.1) is 0 Å². The van der Waals surface area contributed by atoms with Crippen molar-refractivity contribution < 1.29 is 304 Å². The molecular weight excluding hydrogens is 2180 g/mol. The van der Waals surface area contributed by atoms with Gasteiger partial charge < -0.3 is 62.5 Å². The van der Waals surface area contributed by atoms with E-state index < -0.39 is 65.0 Å². The molecule has 0 aliphatic heterocycles. The van der Waals surface area contributed by atoms with E-state index in [1.54, 1.807) is 59.4 Å². The molecule has 3 atom stereocenters. The van der Waals surface area contributed by atoms with Gasteiger partial charge in [0.2, 0.25) is 5.56 Å². The van der Waals surface area contributed by atoms with Gasteiger partial charge in [0.05, 0.1) is 76.1 Å². The minimum absolute atomic E-state index is 0. The standard InChI is InChI=1S/C19H21FN2O3.C14H17BrFNO2.C14H18FNO3.C14H16FNO3.C12H14FNO.C5H5NO.C2H3ClO2.CH2O3.B.Br3P.2Cs.2Na.H2O.2H/c1-25-19(24)21-16-12-14(8-9-15(16)20)17(10-7-13-5-6-13)22-11-3-2-4-18(22)23;1-19-14(18)17-13-8-10(5-7-12(13)16)11(15)6-4-9-2-3-9;2*1-19-14(18)16-12-8-10(5-6-11(12)15)13(17)7-4-9-2-3-9;13-10-5-4-9(7-11(10)14)12(15)6-3-8-1-2-8;7-5-3-1-2-4-6-5;1-5-2(3)4;2-1-4-3;;1-4(2)3;;;;;;;/h2-4,8-9,11-13,17H,5-7,10H2,1H3,(H,21,24);5,7-9,11H,2-4,6H2,1H3,(H,17,18);5-6,8-9,13,17H,2-4,7H2,1H3,(H,16,18);5-6,8-9H,2-4,7H2,1H3,(H,16,18);4-5,7-8H,1-3,6,14H2;1-4H,(H,6,7);1H3;1,3H;;;;;;;1H2;;/q;;;;;;;;;;4*+1;;2*-1/p-2. The molecule has 123 heavy (non-hydrogen) atoms. The third-order valence-corrected chi connectivity index (χ3v) is 19.2. The predicted molar refractivity (Wildman–Crippen MR) is 461 cm³/mol. The van der Waals surface area contributed by atoms with Crippen molar-refractivity contribution in [2.45, 2.75) is 145 Å². The fourth-order valence-corrected chi connectivity index (χ4v) is 11.3. The Kier molecular flexibility index (Phi) is 71.2. The number of aromatic nitrogens is 2. The molecule has 2 aromatic heterocycles. The van der Waals surface area contributed by atoms with Crippen LogP contribution >= 0.6 is 78.0 Å². The number of nitrogens with one attached hydrogen (secondary N) is 5. The van der Waals surface area contributed by atoms with Crippen LogP contribution in [-0.2, 0) is 33.4 Å². The number of nitrogens with zero attached hydrogens (tertiary/aromatic N) is 1. The SMILES string of the molecule is BrP(Br)Br.COC(=O)Cl.COC(=O)Nc1cc(C(=O)CCC2CC2)ccc1F.COC(=O)Nc1cc(C(Br)CCC2CC2)ccc1F.COC(=O)Nc1cc(C(CCC2CC2)n2ccccc2=O)ccc1F.COC(=O)Nc1cc(C(O)CCC2CC2)ccc1F.Nc1cc(C(=O)CCC2CC2)ccc1F.O=CO[O-].O=c1cccc[nH]1.[B].[Cs+].[Cs+].[H-].[H-].[Na+].[Na+].[OH-]. The van der Waals surface area contributed by atoms with Crippen molar-refractivity contribution in [3.8, 4) is 0 Å². The van der Waals surface area contributed by atoms with E-state index >= 15 is 0 Å². The summed E-state index contributed by atoms with van der Waals surface area (Å²) >= 11 is 17.7. The maximum Gasteiger partial charge on any atom is 1.00 e. The number of aliphatic hydroxyl groups is 1. The van der Waals surface area contributed by atoms with Gasteiger partial charge in [0.15, 0.2) is 11.6 Å². The number of nitrogens with two attached hydrogens (primary N) is 1. The monoisotopic (exact) mass is 2270 g/mol. The predicted octanol–water partition coefficient (Wildman–Crippen LogP) is 8.84. The summed E-state index contributed by atoms with van der Waals surface area (Å²) in [6.45, 7) is -0.181. The Bertz CT molecular complexity index is 4380. The number of carbonyl (C=O) groups is 8. The largest absolute Gasteiger partial charge is 1.00 e. The van der Waals surface area contributed by atoms with Crippen LogP contribution in [0.15, 0.2) is 149 Å². The molecule has 26 nitrogen and oxygen atoms in total. The van der Waals surface area contributed by atoms with E-state index in [2.05, 4.69) is 129 Å². The van der Waals surface area contributed by atoms with Crippen molar-refractivity contribution >= 4 is 163 Å². The van der Waals surface area contributed by atoms with Crippen LogP contribution in [0.3, 0.4) is 0 Å². The first-order valence-corrected chi connectivity index (χ1v) is 45.6. The van der Waals surface area contributed by atoms with Crippen molar-refractivity contribution in [1.82, 2.24) is 9.55 Å². The van der Waals surface area contributed by atoms with Gasteiger partial charge in [-0.1, -0.05) is 110 Å². The normalized spacial score (nSPS) is 13.2. The van der Waals surface area contributed by atoms with Gasteiger partial charge in [-0.3, -0.25) is 45.2 Å². The molecule has 5 aliphatic rings. The first-order valence-electron chi connectivity index (χ1n) is 36.9. The summed E-state index contributed by atoms with van der Waals surface area (Å²) in [5.74, 6) is 1.16. The molecule has 9 N–H and O–H groups in total. The van der Waals surface area contributed by atoms with E-state index in [0.717, 1.165) is 73.3 Å². The number of aromatic amines is 1. The summed E-state index contributed by atoms with van der Waals surface area (Å²) in [6.07, 6.45) is 20.8. The summed E-state index contributed by atoms with van der Waals surface area (Å²) in [4.78, 5) is 114. The van der Waals surface area contributed by atoms with Crippen LogP contribution in [0.4, 0.5) is 74.4 Å². The van der Waals surface area contributed by atoms with Crippen LogP contribution in [0.25, 0.3) is 0 Å². The quantitative estimate of drug-likeness (QED) is 0.00227. The topological polar surface area (TPSA) is 394 Å². The maximum absolute atomic E-state index is 14.0. The van der Waals surface area contributed by atoms with Crippen molar-refractivity contribution in [2.24, 2.45) is 29.6 Å². The van der Waals surface area contributed by atoms with Crippen molar-refractivity contribution in [3.63, 3.8) is 0 Å². The van der Waals surface area contributed by atoms with E-state index in [0.29, 0.717) is 41.9 Å². The number of hydrogen-bond donors (Lipinski definition) is 7. The molecule has 3 unspecified atom stereocenters. The van der Waals surface area contributed by atoms with Crippen LogP contribution in [0.2, 0.25) is 0 Å². The van der Waals surface area contributed by atoms with Crippen LogP contribution in [0, 0.1) is 58.7 Å². The number of aliphatic hydroxyl groups excluding tert-OH is 1. The Labute approximate surface area is 917 Å². The molecule has 653 valence electrons. The fourth-order valence-electron chi connectivity index (χ4n) is 10.7. The van der Waals surface area contributed by atoms with Crippen molar-refractivity contribution in [3.05, 3.63) is 217 Å². The zero-order chi connectivity index (χ0) is 86.5. The Morgan fingerprint density at radius 1 is 0.545 bits per heavy atom. The number of halogens is 10. The van der Waals surface area contributed by atoms with E-state index in [4.69, 9.17) is 15.8 Å². The van der Waals surface area contributed by atoms with E-state index in [9.17, 15) is 70.2 Å². The second-order valence-corrected chi connectivity index (χ2v) is 43.7. The van der Waals surface area contributed by atoms with Gasteiger partial charge in [0.25, 0.3) is 12.0 Å². The van der Waals surface area contributed by atoms with Crippen LogP contribution in [-0.4, -0.2) is 112 Å². The molecular formula is C81H98BBr4ClCs2F5N7Na2O19P. The Hall–Kier alpha value is -2.50. The number of rotatable bonds is 26. The van der Waals surface area contributed by atoms with Crippen molar-refractivity contribution in [2.75, 3.05) is 62.5 Å². The average molecular weight is 2280 g/mol. The molecule has 0 saturated heterocycles. The van der Waals surface area contributed by atoms with Gasteiger partial charge in [0.1, 0.15) is 33.1 Å². The Balaban J connectivity index is -0.000000449. The maximum atomic E-state index is 14.0. The second-order valence-electron chi connectivity index (χ2n) is 27.0. The minimum Gasteiger partial charge on any atom is -1.00 e. The van der Waals surface area contributed by atoms with Crippen LogP contribution in [0.5, 0.6) is 0 Å². The molecule has 0 bridgehead atoms. The van der Waals surface area contributed by atoms with Gasteiger partial charge in [0, 0.05) is 73.3 Å². The van der Waals surface area contributed by atoms with Gasteiger partial charge >= 0.3 is 227 Å². The summed E-state index contributed by atoms with van der Waals surface area (Å²) in [7, 11) is 6.09. The third kappa shape index (κ3) is 55.4. The van der Waals surface area contributed by atoms with Gasteiger partial charge in [-0.2, -0.15) is 0 Å². The number of benzene rings is 5. The molecule has 4 amide bonds. The molecule has 5 saturated carbocycles. The number of Topliss-reactive ketones (excluding diaryl/α,β-unsaturated/α-hetero) is 2. The van der Waals surface area contributed by atoms with Crippen LogP contribution < -0.4 is 240 Å². The number of nitrogen functional groups attached to an aromatic ring is 1. The number of carbonyl (C=O) groups excluding carboxylic acids is 8. The smallest absolute Gasteiger partial charge is 1.00 e. The zero-order valence-corrected chi connectivity index (χ0v) is 94.3. The van der Waals surface area contributed by atoms with Crippen molar-refractivity contribution in [1.29, 1.82) is 0 Å². The number of pyridine rings is 2. The van der Waals surface area contributed by atoms with Crippen LogP contribution in [0.1, 0.15) is 186 Å². The molecule has 3 radical (unpaired) electrons. The molecule has 12 rings (SSSR count). The minimum atomic E-state index is -0.773. The number of ketones is 2. The Morgan fingerprint density at radius 3 is 1.24 bits per heavy atom. The molecule has 5 aliphatic carbocycles. The molecule has 42 heteroatoms. The number of hydrogen-bond acceptors (Lipinski definition) is 20. The number of ether oxygens (including phenoxy) is 5. The van der Waals surface area contributed by atoms with Gasteiger partial charge in [-0.05, 0) is 229 Å². The van der Waals surface area contributed by atoms with E-state index in [1.165, 1.54) is 185 Å². The number of H-pyrrole nitrogens is 1. The first kappa shape index (κ1) is 125. The summed E-state index contributed by atoms with van der Waals surface area (Å²) in [6, 6.07) is 31.4. The third-order valence-electron chi connectivity index (χ3n) is 18.0. The number of alkyl halides is 1. The number of methoxy groups -OCH3 is 5. The number of amides is 4. The summed E-state index contributed by atoms with van der Waals surface area (Å²) in [5, 5.41) is 27.7. The molecule has 2 heterocycles. The molecule has 5 aromatic carbocycles. The van der Waals surface area contributed by atoms with E-state index in [-0.39, 0.29) is 286 Å². The summed E-state index contributed by atoms with van der Waals surface area (Å²) < 4.78 is 90.6. The van der Waals surface area contributed by atoms with Gasteiger partial charge in [-0.25, -0.2) is 45.9 Å². The van der Waals surface area contributed by atoms with E-state index in [1.807, 2.05) is 6.07 Å². The summed E-state index contributed by atoms with van der Waals surface area (Å²) in [5.41, 5.74) is 7.99. The second kappa shape index (κ2) is 70.3. The molecule has 0 spiro atoms. The molecule has 7 aromatic rings. The fraction of sp³-hybridized carbons (Fsp3) is 0.407. The Morgan fingerprint density at radius 2 is 0.886 bits per heavy atom. The zero-order valence-electron chi connectivity index (χ0n) is 71.8. The number of anilines is 5.